The molecule has 1 heterocycles. The highest BCUT2D eigenvalue weighted by Crippen LogP contribution is 2.24. The number of carbonyl (C=O) groups is 1. The van der Waals surface area contributed by atoms with Gasteiger partial charge in [-0.15, -0.1) is 0 Å². The Balaban J connectivity index is 2.19. The van der Waals surface area contributed by atoms with Crippen molar-refractivity contribution in [3.63, 3.8) is 0 Å². The van der Waals surface area contributed by atoms with Crippen molar-refractivity contribution in [1.29, 1.82) is 0 Å². The molecule has 2 rings (SSSR count). The van der Waals surface area contributed by atoms with Crippen LogP contribution in [0.25, 0.3) is 10.9 Å². The molecule has 0 saturated heterocycles. The molecule has 0 saturated carbocycles. The molecule has 0 amide bonds. The second-order valence-electron chi connectivity index (χ2n) is 6.19. The van der Waals surface area contributed by atoms with Gasteiger partial charge < -0.3 is 9.84 Å². The van der Waals surface area contributed by atoms with Crippen LogP contribution in [0.2, 0.25) is 25.7 Å². The van der Waals surface area contributed by atoms with Gasteiger partial charge in [0.25, 0.3) is 0 Å². The zero-order valence-electron chi connectivity index (χ0n) is 12.4. The summed E-state index contributed by atoms with van der Waals surface area (Å²) in [4.78, 5) is 11.4. The molecule has 0 unspecified atom stereocenters. The van der Waals surface area contributed by atoms with Crippen LogP contribution < -0.4 is 0 Å². The Morgan fingerprint density at radius 2 is 2.14 bits per heavy atom. The van der Waals surface area contributed by atoms with Crippen LogP contribution in [0.5, 0.6) is 0 Å². The number of ether oxygens (including phenoxy) is 1. The van der Waals surface area contributed by atoms with E-state index in [2.05, 4.69) is 40.7 Å². The maximum atomic E-state index is 11.4. The van der Waals surface area contributed by atoms with Crippen molar-refractivity contribution in [2.24, 2.45) is 0 Å². The number of hydrogen-bond donors (Lipinski definition) is 1. The molecule has 0 bridgehead atoms. The minimum Gasteiger partial charge on any atom is -0.478 e. The van der Waals surface area contributed by atoms with Crippen LogP contribution >= 0.6 is 15.9 Å². The van der Waals surface area contributed by atoms with Crippen LogP contribution in [0.15, 0.2) is 22.8 Å². The highest BCUT2D eigenvalue weighted by Gasteiger charge is 2.16. The molecule has 0 radical (unpaired) electrons. The molecule has 0 aliphatic rings. The molecule has 21 heavy (non-hydrogen) atoms. The molecule has 114 valence electrons. The minimum atomic E-state index is -1.12. The van der Waals surface area contributed by atoms with E-state index in [1.54, 1.807) is 16.9 Å². The fourth-order valence-electron chi connectivity index (χ4n) is 1.99. The van der Waals surface area contributed by atoms with Crippen molar-refractivity contribution < 1.29 is 14.6 Å². The fraction of sp³-hybridized carbons (Fsp3) is 0.429. The molecular weight excluding hydrogens is 352 g/mol. The van der Waals surface area contributed by atoms with Crippen LogP contribution in [0.1, 0.15) is 10.4 Å². The van der Waals surface area contributed by atoms with E-state index in [1.807, 2.05) is 6.07 Å². The predicted molar refractivity (Wildman–Crippen MR) is 88.5 cm³/mol. The second kappa shape index (κ2) is 6.29. The Kier molecular flexibility index (Phi) is 4.85. The van der Waals surface area contributed by atoms with Gasteiger partial charge in [0, 0.05) is 24.5 Å². The van der Waals surface area contributed by atoms with E-state index < -0.39 is 14.0 Å². The fourth-order valence-corrected chi connectivity index (χ4v) is 3.22. The summed E-state index contributed by atoms with van der Waals surface area (Å²) in [5.41, 5.74) is 0.823. The number of rotatable bonds is 6. The molecule has 1 aromatic heterocycles. The molecule has 0 aliphatic heterocycles. The van der Waals surface area contributed by atoms with Gasteiger partial charge in [-0.05, 0) is 18.2 Å². The van der Waals surface area contributed by atoms with E-state index in [0.29, 0.717) is 12.1 Å². The summed E-state index contributed by atoms with van der Waals surface area (Å²) < 4.78 is 7.99. The number of fused-ring (bicyclic) bond motifs is 1. The Hall–Kier alpha value is -1.18. The topological polar surface area (TPSA) is 64.4 Å². The average Bonchev–Trinajstić information content (AvgIpc) is 2.75. The highest BCUT2D eigenvalue weighted by molar-refractivity contribution is 9.10. The van der Waals surface area contributed by atoms with Gasteiger partial charge in [-0.25, -0.2) is 9.48 Å². The van der Waals surface area contributed by atoms with Gasteiger partial charge in [0.1, 0.15) is 6.73 Å². The van der Waals surface area contributed by atoms with Crippen LogP contribution in [-0.4, -0.2) is 35.5 Å². The first-order valence-electron chi connectivity index (χ1n) is 6.74. The molecule has 7 heteroatoms. The van der Waals surface area contributed by atoms with E-state index in [-0.39, 0.29) is 12.3 Å². The lowest BCUT2D eigenvalue weighted by atomic mass is 10.1. The summed E-state index contributed by atoms with van der Waals surface area (Å²) in [6.45, 7) is 7.82. The minimum absolute atomic E-state index is 0.227. The Bertz CT molecular complexity index is 664. The quantitative estimate of drug-likeness (QED) is 0.620. The maximum absolute atomic E-state index is 11.4. The lowest BCUT2D eigenvalue weighted by molar-refractivity contribution is 0.0693. The molecule has 0 atom stereocenters. The van der Waals surface area contributed by atoms with Gasteiger partial charge in [0.2, 0.25) is 0 Å². The molecule has 0 spiro atoms. The zero-order chi connectivity index (χ0) is 15.6. The number of hydrogen-bond acceptors (Lipinski definition) is 3. The molecule has 0 aliphatic carbocycles. The normalized spacial score (nSPS) is 12.0. The Labute approximate surface area is 133 Å². The Morgan fingerprint density at radius 3 is 2.76 bits per heavy atom. The molecule has 2 aromatic rings. The number of carboxylic acid groups (broad SMARTS) is 1. The average molecular weight is 371 g/mol. The molecule has 1 N–H and O–H groups in total. The van der Waals surface area contributed by atoms with Gasteiger partial charge >= 0.3 is 5.97 Å². The van der Waals surface area contributed by atoms with Crippen LogP contribution in [0, 0.1) is 0 Å². The first-order chi connectivity index (χ1) is 9.78. The predicted octanol–water partition coefficient (Wildman–Crippen LogP) is 3.81. The lowest BCUT2D eigenvalue weighted by Crippen LogP contribution is -2.22. The Morgan fingerprint density at radius 1 is 1.43 bits per heavy atom. The van der Waals surface area contributed by atoms with Crippen molar-refractivity contribution in [1.82, 2.24) is 9.78 Å². The van der Waals surface area contributed by atoms with Gasteiger partial charge in [-0.2, -0.15) is 5.10 Å². The smallest absolute Gasteiger partial charge is 0.337 e. The second-order valence-corrected chi connectivity index (χ2v) is 12.7. The van der Waals surface area contributed by atoms with Crippen molar-refractivity contribution in [3.05, 3.63) is 28.4 Å². The number of aromatic carboxylic acids is 1. The van der Waals surface area contributed by atoms with Crippen LogP contribution in [0.4, 0.5) is 0 Å². The van der Waals surface area contributed by atoms with Crippen molar-refractivity contribution in [3.8, 4) is 0 Å². The summed E-state index contributed by atoms with van der Waals surface area (Å²) >= 11 is 3.32. The van der Waals surface area contributed by atoms with Crippen LogP contribution in [-0.2, 0) is 11.5 Å². The van der Waals surface area contributed by atoms with Crippen molar-refractivity contribution in [2.75, 3.05) is 6.61 Å². The number of aromatic nitrogens is 2. The van der Waals surface area contributed by atoms with Crippen molar-refractivity contribution >= 4 is 40.9 Å². The number of halogens is 1. The number of benzene rings is 1. The first-order valence-corrected chi connectivity index (χ1v) is 11.2. The van der Waals surface area contributed by atoms with Crippen molar-refractivity contribution in [2.45, 2.75) is 32.4 Å². The van der Waals surface area contributed by atoms with Gasteiger partial charge in [-0.3, -0.25) is 0 Å². The molecule has 0 fully saturated rings. The SMILES string of the molecule is C[Si](C)(C)CCOCn1ncc2cc(Br)cc(C(=O)O)c21. The molecule has 1 aromatic carbocycles. The third-order valence-electron chi connectivity index (χ3n) is 3.14. The summed E-state index contributed by atoms with van der Waals surface area (Å²) in [5.74, 6) is -0.967. The first kappa shape index (κ1) is 16.2. The highest BCUT2D eigenvalue weighted by atomic mass is 79.9. The van der Waals surface area contributed by atoms with E-state index in [0.717, 1.165) is 15.9 Å². The van der Waals surface area contributed by atoms with Gasteiger partial charge in [-0.1, -0.05) is 35.6 Å². The number of nitrogens with zero attached hydrogens (tertiary/aromatic N) is 2. The monoisotopic (exact) mass is 370 g/mol. The summed E-state index contributed by atoms with van der Waals surface area (Å²) in [6, 6.07) is 4.52. The van der Waals surface area contributed by atoms with Gasteiger partial charge in [0.05, 0.1) is 17.3 Å². The maximum Gasteiger partial charge on any atom is 0.337 e. The third kappa shape index (κ3) is 4.15. The number of carboxylic acids is 1. The summed E-state index contributed by atoms with van der Waals surface area (Å²) in [7, 11) is -1.12. The summed E-state index contributed by atoms with van der Waals surface area (Å²) in [5, 5.41) is 14.4. The molecule has 5 nitrogen and oxygen atoms in total. The van der Waals surface area contributed by atoms with E-state index >= 15 is 0 Å². The lowest BCUT2D eigenvalue weighted by Gasteiger charge is -2.15. The molecular formula is C14H19BrN2O3Si. The van der Waals surface area contributed by atoms with E-state index in [9.17, 15) is 9.90 Å². The standard InChI is InChI=1S/C14H19BrN2O3Si/c1-21(2,3)5-4-20-9-17-13-10(8-16-17)6-11(15)7-12(13)14(18)19/h6-8H,4-5,9H2,1-3H3,(H,18,19). The van der Waals surface area contributed by atoms with E-state index in [4.69, 9.17) is 4.74 Å². The summed E-state index contributed by atoms with van der Waals surface area (Å²) in [6.07, 6.45) is 1.66. The zero-order valence-corrected chi connectivity index (χ0v) is 15.0. The van der Waals surface area contributed by atoms with Crippen LogP contribution in [0.3, 0.4) is 0 Å². The van der Waals surface area contributed by atoms with E-state index in [1.165, 1.54) is 0 Å². The van der Waals surface area contributed by atoms with Gasteiger partial charge in [0.15, 0.2) is 0 Å². The largest absolute Gasteiger partial charge is 0.478 e. The third-order valence-corrected chi connectivity index (χ3v) is 5.30.